The summed E-state index contributed by atoms with van der Waals surface area (Å²) < 4.78 is 6.33. The fraction of sp³-hybridized carbons (Fsp3) is 0.0800. The average Bonchev–Trinajstić information content (AvgIpc) is 2.76. The van der Waals surface area contributed by atoms with Crippen LogP contribution in [0.25, 0.3) is 22.1 Å². The zero-order chi connectivity index (χ0) is 20.2. The maximum Gasteiger partial charge on any atom is 0.163 e. The number of aryl methyl sites for hydroxylation is 2. The molecule has 3 aromatic heterocycles. The Kier molecular flexibility index (Phi) is 3.53. The van der Waals surface area contributed by atoms with E-state index in [2.05, 4.69) is 77.2 Å². The largest absolute Gasteiger partial charge is 0.453 e. The van der Waals surface area contributed by atoms with Gasteiger partial charge in [0.15, 0.2) is 22.8 Å². The van der Waals surface area contributed by atoms with Gasteiger partial charge in [0.25, 0.3) is 0 Å². The number of nitrogens with zero attached hydrogens (tertiary/aromatic N) is 4. The van der Waals surface area contributed by atoms with E-state index in [1.54, 1.807) is 12.4 Å². The van der Waals surface area contributed by atoms with Crippen molar-refractivity contribution in [2.24, 2.45) is 0 Å². The normalized spacial score (nSPS) is 12.5. The van der Waals surface area contributed by atoms with Gasteiger partial charge in [0, 0.05) is 23.2 Å². The number of benzene rings is 2. The molecule has 6 rings (SSSR count). The number of rotatable bonds is 1. The molecule has 0 N–H and O–H groups in total. The summed E-state index contributed by atoms with van der Waals surface area (Å²) in [5, 5.41) is 1.94. The molecule has 0 saturated carbocycles. The predicted molar refractivity (Wildman–Crippen MR) is 119 cm³/mol. The van der Waals surface area contributed by atoms with E-state index in [1.807, 2.05) is 12.1 Å². The first-order valence-electron chi connectivity index (χ1n) is 9.88. The van der Waals surface area contributed by atoms with Gasteiger partial charge in [-0.05, 0) is 73.5 Å². The molecule has 0 saturated heterocycles. The van der Waals surface area contributed by atoms with Crippen LogP contribution in [0.1, 0.15) is 11.1 Å². The highest BCUT2D eigenvalue weighted by Crippen LogP contribution is 2.53. The van der Waals surface area contributed by atoms with Gasteiger partial charge in [0.05, 0.1) is 17.1 Å². The number of hydrogen-bond acceptors (Lipinski definition) is 5. The molecule has 144 valence electrons. The van der Waals surface area contributed by atoms with E-state index in [-0.39, 0.29) is 0 Å². The summed E-state index contributed by atoms with van der Waals surface area (Å²) >= 11 is 0. The van der Waals surface area contributed by atoms with E-state index in [4.69, 9.17) is 9.72 Å². The molecular weight excluding hydrogens is 372 g/mol. The Labute approximate surface area is 173 Å². The van der Waals surface area contributed by atoms with Crippen molar-refractivity contribution in [1.82, 2.24) is 15.0 Å². The lowest BCUT2D eigenvalue weighted by atomic mass is 10.0. The number of aromatic nitrogens is 3. The molecular formula is C25H18N4O. The molecule has 0 bridgehead atoms. The number of anilines is 3. The first-order chi connectivity index (χ1) is 14.7. The van der Waals surface area contributed by atoms with E-state index < -0.39 is 0 Å². The van der Waals surface area contributed by atoms with Crippen LogP contribution < -0.4 is 9.64 Å². The van der Waals surface area contributed by atoms with E-state index >= 15 is 0 Å². The molecule has 0 fully saturated rings. The Morgan fingerprint density at radius 1 is 0.700 bits per heavy atom. The van der Waals surface area contributed by atoms with Crippen molar-refractivity contribution in [2.75, 3.05) is 4.90 Å². The molecule has 1 aliphatic rings. The van der Waals surface area contributed by atoms with Gasteiger partial charge in [-0.3, -0.25) is 0 Å². The highest BCUT2D eigenvalue weighted by molar-refractivity contribution is 6.10. The van der Waals surface area contributed by atoms with Crippen molar-refractivity contribution in [3.8, 4) is 11.5 Å². The highest BCUT2D eigenvalue weighted by Gasteiger charge is 2.29. The quantitative estimate of drug-likeness (QED) is 0.305. The highest BCUT2D eigenvalue weighted by atomic mass is 16.5. The second-order valence-electron chi connectivity index (χ2n) is 7.59. The van der Waals surface area contributed by atoms with Gasteiger partial charge in [0.2, 0.25) is 0 Å². The van der Waals surface area contributed by atoms with Gasteiger partial charge in [-0.15, -0.1) is 0 Å². The van der Waals surface area contributed by atoms with Gasteiger partial charge in [-0.25, -0.2) is 15.0 Å². The molecule has 1 aliphatic heterocycles. The van der Waals surface area contributed by atoms with Crippen molar-refractivity contribution in [3.05, 3.63) is 84.2 Å². The van der Waals surface area contributed by atoms with Crippen molar-refractivity contribution < 1.29 is 4.74 Å². The topological polar surface area (TPSA) is 51.1 Å². The Bertz CT molecular complexity index is 1360. The van der Waals surface area contributed by atoms with Crippen LogP contribution in [-0.4, -0.2) is 15.0 Å². The Hall–Kier alpha value is -3.99. The number of hydrogen-bond donors (Lipinski definition) is 0. The molecule has 5 aromatic rings. The van der Waals surface area contributed by atoms with Gasteiger partial charge in [-0.2, -0.15) is 0 Å². The van der Waals surface area contributed by atoms with Crippen LogP contribution in [0.3, 0.4) is 0 Å². The summed E-state index contributed by atoms with van der Waals surface area (Å²) in [6.45, 7) is 4.15. The molecule has 0 atom stereocenters. The van der Waals surface area contributed by atoms with E-state index in [0.29, 0.717) is 11.3 Å². The molecule has 4 heterocycles. The second-order valence-corrected chi connectivity index (χ2v) is 7.59. The zero-order valence-corrected chi connectivity index (χ0v) is 16.6. The summed E-state index contributed by atoms with van der Waals surface area (Å²) in [7, 11) is 0. The predicted octanol–water partition coefficient (Wildman–Crippen LogP) is 6.37. The summed E-state index contributed by atoms with van der Waals surface area (Å²) in [5.41, 5.74) is 6.63. The number of pyridine rings is 3. The second kappa shape index (κ2) is 6.26. The summed E-state index contributed by atoms with van der Waals surface area (Å²) in [6, 6.07) is 20.6. The van der Waals surface area contributed by atoms with E-state index in [9.17, 15) is 0 Å². The molecule has 0 aliphatic carbocycles. The van der Waals surface area contributed by atoms with Crippen LogP contribution in [0.5, 0.6) is 11.5 Å². The van der Waals surface area contributed by atoms with Crippen molar-refractivity contribution in [1.29, 1.82) is 0 Å². The van der Waals surface area contributed by atoms with Gasteiger partial charge in [-0.1, -0.05) is 12.1 Å². The first kappa shape index (κ1) is 16.9. The lowest BCUT2D eigenvalue weighted by molar-refractivity contribution is 0.476. The van der Waals surface area contributed by atoms with Crippen molar-refractivity contribution in [2.45, 2.75) is 13.8 Å². The van der Waals surface area contributed by atoms with Crippen molar-refractivity contribution >= 4 is 39.1 Å². The minimum atomic E-state index is 0.674. The molecule has 0 spiro atoms. The molecule has 0 radical (unpaired) electrons. The van der Waals surface area contributed by atoms with Crippen LogP contribution in [-0.2, 0) is 0 Å². The molecule has 0 unspecified atom stereocenters. The standard InChI is InChI=1S/C25H18N4O/c1-15-7-9-19-21(13-15)30-22-14-16(2)8-10-20(22)29(19)23-17-5-3-11-26-24(17)28-25-18(23)6-4-12-27-25/h3-14H,1-2H3. The van der Waals surface area contributed by atoms with Gasteiger partial charge >= 0.3 is 0 Å². The Balaban J connectivity index is 1.77. The van der Waals surface area contributed by atoms with Crippen LogP contribution in [0, 0.1) is 13.8 Å². The molecule has 2 aromatic carbocycles. The molecule has 5 nitrogen and oxygen atoms in total. The van der Waals surface area contributed by atoms with Crippen LogP contribution in [0.15, 0.2) is 73.1 Å². The fourth-order valence-corrected chi connectivity index (χ4v) is 4.09. The van der Waals surface area contributed by atoms with Crippen molar-refractivity contribution in [3.63, 3.8) is 0 Å². The number of ether oxygens (including phenoxy) is 1. The smallest absolute Gasteiger partial charge is 0.163 e. The minimum absolute atomic E-state index is 0.674. The lowest BCUT2D eigenvalue weighted by Crippen LogP contribution is -2.17. The monoisotopic (exact) mass is 390 g/mol. The third-order valence-corrected chi connectivity index (χ3v) is 5.45. The SMILES string of the molecule is Cc1ccc2c(c1)Oc1cc(C)ccc1N2c1c2cccnc2nc2ncccc12. The summed E-state index contributed by atoms with van der Waals surface area (Å²) in [5.74, 6) is 1.66. The zero-order valence-electron chi connectivity index (χ0n) is 16.6. The average molecular weight is 390 g/mol. The third kappa shape index (κ3) is 2.45. The third-order valence-electron chi connectivity index (χ3n) is 5.45. The van der Waals surface area contributed by atoms with Crippen LogP contribution in [0.2, 0.25) is 0 Å². The molecule has 30 heavy (non-hydrogen) atoms. The number of fused-ring (bicyclic) bond motifs is 4. The maximum absolute atomic E-state index is 6.33. The lowest BCUT2D eigenvalue weighted by Gasteiger charge is -2.34. The fourth-order valence-electron chi connectivity index (χ4n) is 4.09. The first-order valence-corrected chi connectivity index (χ1v) is 9.88. The maximum atomic E-state index is 6.33. The van der Waals surface area contributed by atoms with Crippen LogP contribution in [0.4, 0.5) is 17.1 Å². The summed E-state index contributed by atoms with van der Waals surface area (Å²) in [6.07, 6.45) is 3.53. The minimum Gasteiger partial charge on any atom is -0.453 e. The van der Waals surface area contributed by atoms with E-state index in [0.717, 1.165) is 50.5 Å². The molecule has 0 amide bonds. The summed E-state index contributed by atoms with van der Waals surface area (Å²) in [4.78, 5) is 16.0. The van der Waals surface area contributed by atoms with E-state index in [1.165, 1.54) is 0 Å². The Morgan fingerprint density at radius 3 is 1.77 bits per heavy atom. The van der Waals surface area contributed by atoms with Crippen LogP contribution >= 0.6 is 0 Å². The Morgan fingerprint density at radius 2 is 1.23 bits per heavy atom. The molecule has 5 heteroatoms. The van der Waals surface area contributed by atoms with Gasteiger partial charge in [0.1, 0.15) is 0 Å². The van der Waals surface area contributed by atoms with Gasteiger partial charge < -0.3 is 9.64 Å².